The Morgan fingerprint density at radius 3 is 2.68 bits per heavy atom. The van der Waals surface area contributed by atoms with Gasteiger partial charge in [-0.3, -0.25) is 0 Å². The molecule has 0 aromatic heterocycles. The molecule has 1 aliphatic carbocycles. The van der Waals surface area contributed by atoms with E-state index in [0.717, 1.165) is 30.2 Å². The SMILES string of the molecule is COc1cccc(NC(=O)NC2CCC(C)CC2)c1. The quantitative estimate of drug-likeness (QED) is 0.877. The van der Waals surface area contributed by atoms with Crippen LogP contribution in [0.4, 0.5) is 10.5 Å². The van der Waals surface area contributed by atoms with Crippen molar-refractivity contribution in [3.05, 3.63) is 24.3 Å². The Balaban J connectivity index is 1.83. The summed E-state index contributed by atoms with van der Waals surface area (Å²) in [6, 6.07) is 7.55. The van der Waals surface area contributed by atoms with E-state index in [2.05, 4.69) is 17.6 Å². The van der Waals surface area contributed by atoms with Crippen molar-refractivity contribution in [1.29, 1.82) is 0 Å². The van der Waals surface area contributed by atoms with Gasteiger partial charge in [0.15, 0.2) is 0 Å². The number of nitrogens with one attached hydrogen (secondary N) is 2. The van der Waals surface area contributed by atoms with Crippen molar-refractivity contribution in [3.8, 4) is 5.75 Å². The van der Waals surface area contributed by atoms with E-state index in [4.69, 9.17) is 4.74 Å². The van der Waals surface area contributed by atoms with Gasteiger partial charge in [0.1, 0.15) is 5.75 Å². The van der Waals surface area contributed by atoms with Gasteiger partial charge in [-0.2, -0.15) is 0 Å². The van der Waals surface area contributed by atoms with E-state index < -0.39 is 0 Å². The molecule has 1 fully saturated rings. The Labute approximate surface area is 114 Å². The highest BCUT2D eigenvalue weighted by molar-refractivity contribution is 5.89. The maximum absolute atomic E-state index is 11.9. The Morgan fingerprint density at radius 1 is 1.26 bits per heavy atom. The summed E-state index contributed by atoms with van der Waals surface area (Å²) in [5, 5.41) is 5.88. The maximum atomic E-state index is 11.9. The monoisotopic (exact) mass is 262 g/mol. The van der Waals surface area contributed by atoms with Crippen LogP contribution in [0, 0.1) is 5.92 Å². The summed E-state index contributed by atoms with van der Waals surface area (Å²) in [4.78, 5) is 11.9. The second-order valence-electron chi connectivity index (χ2n) is 5.29. The molecule has 1 aromatic carbocycles. The maximum Gasteiger partial charge on any atom is 0.319 e. The number of ether oxygens (including phenoxy) is 1. The lowest BCUT2D eigenvalue weighted by atomic mass is 9.87. The molecule has 0 aliphatic heterocycles. The molecule has 4 heteroatoms. The van der Waals surface area contributed by atoms with Gasteiger partial charge in [-0.15, -0.1) is 0 Å². The highest BCUT2D eigenvalue weighted by Gasteiger charge is 2.19. The Morgan fingerprint density at radius 2 is 2.00 bits per heavy atom. The number of carbonyl (C=O) groups excluding carboxylic acids is 1. The Hall–Kier alpha value is -1.71. The molecule has 0 spiro atoms. The van der Waals surface area contributed by atoms with Crippen LogP contribution in [0.3, 0.4) is 0 Å². The molecule has 0 bridgehead atoms. The summed E-state index contributed by atoms with van der Waals surface area (Å²) in [6.45, 7) is 2.27. The first-order valence-corrected chi connectivity index (χ1v) is 6.89. The second-order valence-corrected chi connectivity index (χ2v) is 5.29. The molecule has 4 nitrogen and oxygen atoms in total. The van der Waals surface area contributed by atoms with Gasteiger partial charge in [0.05, 0.1) is 7.11 Å². The molecule has 2 N–H and O–H groups in total. The normalized spacial score (nSPS) is 22.6. The number of hydrogen-bond acceptors (Lipinski definition) is 2. The minimum Gasteiger partial charge on any atom is -0.497 e. The number of amides is 2. The van der Waals surface area contributed by atoms with Gasteiger partial charge < -0.3 is 15.4 Å². The topological polar surface area (TPSA) is 50.4 Å². The summed E-state index contributed by atoms with van der Waals surface area (Å²) in [6.07, 6.45) is 4.55. The van der Waals surface area contributed by atoms with Crippen molar-refractivity contribution in [2.45, 2.75) is 38.6 Å². The molecule has 1 saturated carbocycles. The van der Waals surface area contributed by atoms with Crippen LogP contribution in [0.25, 0.3) is 0 Å². The van der Waals surface area contributed by atoms with Crippen molar-refractivity contribution in [1.82, 2.24) is 5.32 Å². The zero-order valence-electron chi connectivity index (χ0n) is 11.6. The van der Waals surface area contributed by atoms with Crippen molar-refractivity contribution in [3.63, 3.8) is 0 Å². The Kier molecular flexibility index (Phi) is 4.66. The molecular weight excluding hydrogens is 240 g/mol. The lowest BCUT2D eigenvalue weighted by molar-refractivity contribution is 0.239. The van der Waals surface area contributed by atoms with Gasteiger partial charge >= 0.3 is 6.03 Å². The second kappa shape index (κ2) is 6.45. The third kappa shape index (κ3) is 4.16. The van der Waals surface area contributed by atoms with Crippen LogP contribution < -0.4 is 15.4 Å². The van der Waals surface area contributed by atoms with Crippen LogP contribution in [0.2, 0.25) is 0 Å². The van der Waals surface area contributed by atoms with E-state index >= 15 is 0 Å². The average molecular weight is 262 g/mol. The molecular formula is C15H22N2O2. The van der Waals surface area contributed by atoms with Crippen LogP contribution in [-0.4, -0.2) is 19.2 Å². The lowest BCUT2D eigenvalue weighted by Gasteiger charge is -2.26. The fraction of sp³-hybridized carbons (Fsp3) is 0.533. The van der Waals surface area contributed by atoms with Crippen LogP contribution in [0.5, 0.6) is 5.75 Å². The van der Waals surface area contributed by atoms with Gasteiger partial charge in [-0.25, -0.2) is 4.79 Å². The summed E-state index contributed by atoms with van der Waals surface area (Å²) in [7, 11) is 1.61. The molecule has 0 atom stereocenters. The van der Waals surface area contributed by atoms with Crippen LogP contribution in [-0.2, 0) is 0 Å². The zero-order valence-corrected chi connectivity index (χ0v) is 11.6. The highest BCUT2D eigenvalue weighted by Crippen LogP contribution is 2.23. The van der Waals surface area contributed by atoms with Gasteiger partial charge in [0.2, 0.25) is 0 Å². The fourth-order valence-electron chi connectivity index (χ4n) is 2.46. The highest BCUT2D eigenvalue weighted by atomic mass is 16.5. The first kappa shape index (κ1) is 13.7. The van der Waals surface area contributed by atoms with E-state index in [0.29, 0.717) is 6.04 Å². The number of carbonyl (C=O) groups is 1. The van der Waals surface area contributed by atoms with Gasteiger partial charge in [0.25, 0.3) is 0 Å². The average Bonchev–Trinajstić information content (AvgIpc) is 2.41. The largest absolute Gasteiger partial charge is 0.497 e. The van der Waals surface area contributed by atoms with E-state index in [1.165, 1.54) is 12.8 Å². The van der Waals surface area contributed by atoms with E-state index in [1.807, 2.05) is 24.3 Å². The fourth-order valence-corrected chi connectivity index (χ4v) is 2.46. The van der Waals surface area contributed by atoms with Crippen LogP contribution in [0.15, 0.2) is 24.3 Å². The Bertz CT molecular complexity index is 426. The number of hydrogen-bond donors (Lipinski definition) is 2. The van der Waals surface area contributed by atoms with E-state index in [-0.39, 0.29) is 6.03 Å². The predicted octanol–water partition coefficient (Wildman–Crippen LogP) is 3.40. The molecule has 19 heavy (non-hydrogen) atoms. The lowest BCUT2D eigenvalue weighted by Crippen LogP contribution is -2.39. The van der Waals surface area contributed by atoms with Crippen molar-refractivity contribution in [2.24, 2.45) is 5.92 Å². The number of rotatable bonds is 3. The summed E-state index contributed by atoms with van der Waals surface area (Å²) >= 11 is 0. The van der Waals surface area contributed by atoms with E-state index in [9.17, 15) is 4.79 Å². The van der Waals surface area contributed by atoms with Crippen molar-refractivity contribution >= 4 is 11.7 Å². The van der Waals surface area contributed by atoms with Gasteiger partial charge in [-0.1, -0.05) is 13.0 Å². The van der Waals surface area contributed by atoms with Gasteiger partial charge in [0, 0.05) is 17.8 Å². The molecule has 2 rings (SSSR count). The number of anilines is 1. The zero-order chi connectivity index (χ0) is 13.7. The number of benzene rings is 1. The molecule has 0 heterocycles. The molecule has 1 aromatic rings. The van der Waals surface area contributed by atoms with Crippen LogP contribution >= 0.6 is 0 Å². The number of urea groups is 1. The summed E-state index contributed by atoms with van der Waals surface area (Å²) < 4.78 is 5.13. The molecule has 104 valence electrons. The molecule has 0 radical (unpaired) electrons. The first-order chi connectivity index (χ1) is 9.17. The molecule has 1 aliphatic rings. The third-order valence-electron chi connectivity index (χ3n) is 3.68. The standard InChI is InChI=1S/C15H22N2O2/c1-11-6-8-12(9-7-11)16-15(18)17-13-4-3-5-14(10-13)19-2/h3-5,10-12H,6-9H2,1-2H3,(H2,16,17,18). The summed E-state index contributed by atoms with van der Waals surface area (Å²) in [5.74, 6) is 1.53. The van der Waals surface area contributed by atoms with Crippen molar-refractivity contribution < 1.29 is 9.53 Å². The third-order valence-corrected chi connectivity index (χ3v) is 3.68. The minimum atomic E-state index is -0.132. The molecule has 2 amide bonds. The molecule has 0 saturated heterocycles. The van der Waals surface area contributed by atoms with Crippen molar-refractivity contribution in [2.75, 3.05) is 12.4 Å². The summed E-state index contributed by atoms with van der Waals surface area (Å²) in [5.41, 5.74) is 0.751. The smallest absolute Gasteiger partial charge is 0.319 e. The first-order valence-electron chi connectivity index (χ1n) is 6.89. The van der Waals surface area contributed by atoms with Gasteiger partial charge in [-0.05, 0) is 43.7 Å². The minimum absolute atomic E-state index is 0.132. The predicted molar refractivity (Wildman–Crippen MR) is 76.6 cm³/mol. The van der Waals surface area contributed by atoms with E-state index in [1.54, 1.807) is 7.11 Å². The molecule has 0 unspecified atom stereocenters. The number of methoxy groups -OCH3 is 1. The van der Waals surface area contributed by atoms with Crippen LogP contribution in [0.1, 0.15) is 32.6 Å².